The van der Waals surface area contributed by atoms with Gasteiger partial charge < -0.3 is 0 Å². The highest BCUT2D eigenvalue weighted by Crippen LogP contribution is 2.10. The van der Waals surface area contributed by atoms with Crippen molar-refractivity contribution in [3.8, 4) is 0 Å². The van der Waals surface area contributed by atoms with Gasteiger partial charge in [0.1, 0.15) is 0 Å². The summed E-state index contributed by atoms with van der Waals surface area (Å²) in [5.74, 6) is 0.850. The Bertz CT molecular complexity index is 233. The van der Waals surface area contributed by atoms with E-state index in [0.29, 0.717) is 0 Å². The van der Waals surface area contributed by atoms with Gasteiger partial charge in [0.25, 0.3) is 0 Å². The zero-order chi connectivity index (χ0) is 11.5. The van der Waals surface area contributed by atoms with Gasteiger partial charge in [-0.05, 0) is 6.42 Å². The molecule has 1 N–H and O–H groups in total. The Hall–Kier alpha value is -0.930. The normalized spacial score (nSPS) is 10.8. The molecule has 1 rings (SSSR count). The summed E-state index contributed by atoms with van der Waals surface area (Å²) in [6, 6.07) is 0. The fraction of sp³-hybridized carbons (Fsp3) is 0.917. The van der Waals surface area contributed by atoms with Crippen LogP contribution in [0.25, 0.3) is 0 Å². The van der Waals surface area contributed by atoms with Crippen LogP contribution in [0.4, 0.5) is 0 Å². The van der Waals surface area contributed by atoms with Crippen LogP contribution >= 0.6 is 0 Å². The van der Waals surface area contributed by atoms with Gasteiger partial charge in [-0.3, -0.25) is 0 Å². The molecule has 1 heterocycles. The summed E-state index contributed by atoms with van der Waals surface area (Å²) >= 11 is 0. The van der Waals surface area contributed by atoms with E-state index in [1.807, 2.05) is 0 Å². The van der Waals surface area contributed by atoms with Gasteiger partial charge in [-0.1, -0.05) is 63.5 Å². The van der Waals surface area contributed by atoms with Crippen molar-refractivity contribution < 1.29 is 0 Å². The lowest BCUT2D eigenvalue weighted by molar-refractivity contribution is 0.562. The minimum atomic E-state index is 0.850. The van der Waals surface area contributed by atoms with Gasteiger partial charge >= 0.3 is 0 Å². The van der Waals surface area contributed by atoms with E-state index in [1.54, 1.807) is 0 Å². The van der Waals surface area contributed by atoms with Crippen molar-refractivity contribution in [2.75, 3.05) is 0 Å². The molecule has 0 atom stereocenters. The fourth-order valence-electron chi connectivity index (χ4n) is 1.88. The summed E-state index contributed by atoms with van der Waals surface area (Å²) in [4.78, 5) is 0. The SMILES string of the molecule is CCCCCCCCCCCc1nn[nH]n1. The first kappa shape index (κ1) is 13.1. The Morgan fingerprint density at radius 3 is 2.06 bits per heavy atom. The number of aryl methyl sites for hydroxylation is 1. The third-order valence-electron chi connectivity index (χ3n) is 2.89. The van der Waals surface area contributed by atoms with Gasteiger partial charge in [0.2, 0.25) is 0 Å². The molecule has 0 saturated heterocycles. The quantitative estimate of drug-likeness (QED) is 0.620. The van der Waals surface area contributed by atoms with Gasteiger partial charge in [-0.25, -0.2) is 0 Å². The number of rotatable bonds is 10. The molecule has 0 unspecified atom stereocenters. The number of aromatic nitrogens is 4. The number of unbranched alkanes of at least 4 members (excludes halogenated alkanes) is 8. The molecule has 0 aliphatic rings. The largest absolute Gasteiger partial charge is 0.177 e. The molecule has 0 fully saturated rings. The number of hydrogen-bond acceptors (Lipinski definition) is 3. The van der Waals surface area contributed by atoms with E-state index in [4.69, 9.17) is 0 Å². The maximum absolute atomic E-state index is 3.94. The lowest BCUT2D eigenvalue weighted by Gasteiger charge is -2.00. The lowest BCUT2D eigenvalue weighted by Crippen LogP contribution is -1.89. The van der Waals surface area contributed by atoms with Crippen LogP contribution < -0.4 is 0 Å². The van der Waals surface area contributed by atoms with Gasteiger partial charge in [0.15, 0.2) is 5.82 Å². The molecule has 0 bridgehead atoms. The molecule has 0 amide bonds. The highest BCUT2D eigenvalue weighted by atomic mass is 15.5. The van der Waals surface area contributed by atoms with Crippen LogP contribution in [0.5, 0.6) is 0 Å². The summed E-state index contributed by atoms with van der Waals surface area (Å²) in [6.45, 7) is 2.26. The van der Waals surface area contributed by atoms with Crippen LogP contribution in [0.15, 0.2) is 0 Å². The molecule has 16 heavy (non-hydrogen) atoms. The molecule has 4 nitrogen and oxygen atoms in total. The highest BCUT2D eigenvalue weighted by Gasteiger charge is 1.97. The molecule has 92 valence electrons. The van der Waals surface area contributed by atoms with Crippen molar-refractivity contribution >= 4 is 0 Å². The summed E-state index contributed by atoms with van der Waals surface area (Å²) in [7, 11) is 0. The van der Waals surface area contributed by atoms with E-state index in [0.717, 1.165) is 12.2 Å². The van der Waals surface area contributed by atoms with Gasteiger partial charge in [-0.15, -0.1) is 10.2 Å². The number of tetrazole rings is 1. The van der Waals surface area contributed by atoms with Crippen LogP contribution in [-0.2, 0) is 6.42 Å². The molecule has 1 aromatic heterocycles. The predicted octanol–water partition coefficient (Wildman–Crippen LogP) is 3.27. The topological polar surface area (TPSA) is 54.5 Å². The van der Waals surface area contributed by atoms with E-state index < -0.39 is 0 Å². The molecule has 0 radical (unpaired) electrons. The Balaban J connectivity index is 1.78. The van der Waals surface area contributed by atoms with Gasteiger partial charge in [-0.2, -0.15) is 5.21 Å². The average molecular weight is 224 g/mol. The van der Waals surface area contributed by atoms with Crippen molar-refractivity contribution in [2.24, 2.45) is 0 Å². The zero-order valence-electron chi connectivity index (χ0n) is 10.4. The molecule has 0 aromatic carbocycles. The number of nitrogens with zero attached hydrogens (tertiary/aromatic N) is 3. The third-order valence-corrected chi connectivity index (χ3v) is 2.89. The van der Waals surface area contributed by atoms with Crippen LogP contribution in [0.3, 0.4) is 0 Å². The highest BCUT2D eigenvalue weighted by molar-refractivity contribution is 4.74. The first-order valence-corrected chi connectivity index (χ1v) is 6.66. The number of hydrogen-bond donors (Lipinski definition) is 1. The molecule has 0 aliphatic heterocycles. The second-order valence-electron chi connectivity index (χ2n) is 4.41. The molecule has 0 spiro atoms. The molecule has 4 heteroatoms. The van der Waals surface area contributed by atoms with E-state index in [2.05, 4.69) is 27.5 Å². The number of nitrogens with one attached hydrogen (secondary N) is 1. The predicted molar refractivity (Wildman–Crippen MR) is 65.1 cm³/mol. The molecule has 0 aliphatic carbocycles. The maximum Gasteiger partial charge on any atom is 0.174 e. The molecular weight excluding hydrogens is 200 g/mol. The first-order chi connectivity index (χ1) is 7.93. The minimum Gasteiger partial charge on any atom is -0.177 e. The number of aromatic amines is 1. The summed E-state index contributed by atoms with van der Waals surface area (Å²) in [5.41, 5.74) is 0. The van der Waals surface area contributed by atoms with E-state index in [-0.39, 0.29) is 0 Å². The van der Waals surface area contributed by atoms with Crippen LogP contribution in [0.2, 0.25) is 0 Å². The molecular formula is C12H24N4. The van der Waals surface area contributed by atoms with Crippen molar-refractivity contribution in [1.29, 1.82) is 0 Å². The Labute approximate surface area is 98.2 Å². The Morgan fingerprint density at radius 1 is 0.875 bits per heavy atom. The van der Waals surface area contributed by atoms with Gasteiger partial charge in [0.05, 0.1) is 0 Å². The van der Waals surface area contributed by atoms with Crippen molar-refractivity contribution in [1.82, 2.24) is 20.6 Å². The van der Waals surface area contributed by atoms with E-state index in [9.17, 15) is 0 Å². The minimum absolute atomic E-state index is 0.850. The van der Waals surface area contributed by atoms with Crippen LogP contribution in [0, 0.1) is 0 Å². The fourth-order valence-corrected chi connectivity index (χ4v) is 1.88. The lowest BCUT2D eigenvalue weighted by atomic mass is 10.1. The molecule has 0 saturated carbocycles. The summed E-state index contributed by atoms with van der Waals surface area (Å²) in [6.07, 6.45) is 13.2. The zero-order valence-corrected chi connectivity index (χ0v) is 10.4. The number of H-pyrrole nitrogens is 1. The molecule has 1 aromatic rings. The smallest absolute Gasteiger partial charge is 0.174 e. The van der Waals surface area contributed by atoms with E-state index in [1.165, 1.54) is 57.8 Å². The van der Waals surface area contributed by atoms with Crippen LogP contribution in [0.1, 0.15) is 70.5 Å². The first-order valence-electron chi connectivity index (χ1n) is 6.66. The summed E-state index contributed by atoms with van der Waals surface area (Å²) < 4.78 is 0. The standard InChI is InChI=1S/C12H24N4/c1-2-3-4-5-6-7-8-9-10-11-12-13-15-16-14-12/h2-11H2,1H3,(H,13,14,15,16). The third kappa shape index (κ3) is 6.53. The maximum atomic E-state index is 3.94. The summed E-state index contributed by atoms with van der Waals surface area (Å²) in [5, 5.41) is 13.9. The monoisotopic (exact) mass is 224 g/mol. The van der Waals surface area contributed by atoms with Crippen LogP contribution in [-0.4, -0.2) is 20.6 Å². The van der Waals surface area contributed by atoms with E-state index >= 15 is 0 Å². The van der Waals surface area contributed by atoms with Crippen molar-refractivity contribution in [3.63, 3.8) is 0 Å². The Morgan fingerprint density at radius 2 is 1.50 bits per heavy atom. The second-order valence-corrected chi connectivity index (χ2v) is 4.41. The van der Waals surface area contributed by atoms with Crippen molar-refractivity contribution in [3.05, 3.63) is 5.82 Å². The van der Waals surface area contributed by atoms with Crippen molar-refractivity contribution in [2.45, 2.75) is 71.1 Å². The average Bonchev–Trinajstić information content (AvgIpc) is 2.80. The Kier molecular flexibility index (Phi) is 7.64. The second kappa shape index (κ2) is 9.31. The van der Waals surface area contributed by atoms with Gasteiger partial charge in [0, 0.05) is 6.42 Å².